The summed E-state index contributed by atoms with van der Waals surface area (Å²) < 4.78 is 3.30. The standard InChI is InChI=1S/C11H14ClN3S/c1-2-3-6-16-15-8-4-5-10-9(7-8)11(12)14-13-10/h4-5,7,15H,2-3,6H2,1H3,(H,13,14). The van der Waals surface area contributed by atoms with Crippen LogP contribution in [0.15, 0.2) is 18.2 Å². The van der Waals surface area contributed by atoms with Gasteiger partial charge in [0, 0.05) is 16.8 Å². The Labute approximate surface area is 104 Å². The highest BCUT2D eigenvalue weighted by molar-refractivity contribution is 8.00. The van der Waals surface area contributed by atoms with Crippen LogP contribution in [0.5, 0.6) is 0 Å². The molecule has 16 heavy (non-hydrogen) atoms. The minimum Gasteiger partial charge on any atom is -0.330 e. The maximum Gasteiger partial charge on any atom is 0.132 e. The van der Waals surface area contributed by atoms with Crippen molar-refractivity contribution >= 4 is 40.1 Å². The highest BCUT2D eigenvalue weighted by Crippen LogP contribution is 2.25. The van der Waals surface area contributed by atoms with Crippen molar-refractivity contribution in [2.45, 2.75) is 19.8 Å². The Morgan fingerprint density at radius 3 is 3.19 bits per heavy atom. The molecular weight excluding hydrogens is 242 g/mol. The van der Waals surface area contributed by atoms with E-state index in [9.17, 15) is 0 Å². The smallest absolute Gasteiger partial charge is 0.132 e. The molecule has 1 heterocycles. The minimum atomic E-state index is 0.595. The molecule has 2 N–H and O–H groups in total. The average Bonchev–Trinajstić information content (AvgIpc) is 2.67. The van der Waals surface area contributed by atoms with Crippen LogP contribution >= 0.6 is 23.5 Å². The van der Waals surface area contributed by atoms with E-state index < -0.39 is 0 Å². The lowest BCUT2D eigenvalue weighted by atomic mass is 10.2. The third kappa shape index (κ3) is 2.62. The van der Waals surface area contributed by atoms with Crippen molar-refractivity contribution in [2.75, 3.05) is 10.5 Å². The largest absolute Gasteiger partial charge is 0.330 e. The van der Waals surface area contributed by atoms with Crippen LogP contribution in [-0.4, -0.2) is 16.0 Å². The number of nitrogens with one attached hydrogen (secondary N) is 2. The SMILES string of the molecule is CCCCSNc1ccc2n[nH]c(Cl)c2c1. The monoisotopic (exact) mass is 255 g/mol. The van der Waals surface area contributed by atoms with Gasteiger partial charge in [-0.2, -0.15) is 5.10 Å². The fourth-order valence-corrected chi connectivity index (χ4v) is 2.42. The molecule has 0 radical (unpaired) electrons. The number of unbranched alkanes of at least 4 members (excludes halogenated alkanes) is 1. The van der Waals surface area contributed by atoms with Crippen molar-refractivity contribution < 1.29 is 0 Å². The lowest BCUT2D eigenvalue weighted by Crippen LogP contribution is -1.88. The van der Waals surface area contributed by atoms with Gasteiger partial charge in [-0.15, -0.1) is 0 Å². The maximum absolute atomic E-state index is 5.98. The Kier molecular flexibility index (Phi) is 3.96. The van der Waals surface area contributed by atoms with Gasteiger partial charge >= 0.3 is 0 Å². The third-order valence-corrected chi connectivity index (χ3v) is 3.46. The molecule has 0 aliphatic rings. The molecule has 0 aliphatic carbocycles. The minimum absolute atomic E-state index is 0.595. The first-order valence-electron chi connectivity index (χ1n) is 5.32. The number of aromatic nitrogens is 2. The molecular formula is C11H14ClN3S. The van der Waals surface area contributed by atoms with Crippen LogP contribution in [0.1, 0.15) is 19.8 Å². The lowest BCUT2D eigenvalue weighted by molar-refractivity contribution is 0.897. The fraction of sp³-hybridized carbons (Fsp3) is 0.364. The zero-order chi connectivity index (χ0) is 11.4. The average molecular weight is 256 g/mol. The number of halogens is 1. The van der Waals surface area contributed by atoms with Crippen molar-refractivity contribution in [2.24, 2.45) is 0 Å². The van der Waals surface area contributed by atoms with Gasteiger partial charge in [0.25, 0.3) is 0 Å². The fourth-order valence-electron chi connectivity index (χ4n) is 1.39. The van der Waals surface area contributed by atoms with Gasteiger partial charge < -0.3 is 4.72 Å². The molecule has 2 rings (SSSR count). The Morgan fingerprint density at radius 2 is 2.38 bits per heavy atom. The zero-order valence-corrected chi connectivity index (χ0v) is 10.7. The first kappa shape index (κ1) is 11.6. The van der Waals surface area contributed by atoms with Gasteiger partial charge in [-0.05, 0) is 24.6 Å². The summed E-state index contributed by atoms with van der Waals surface area (Å²) in [6, 6.07) is 5.99. The van der Waals surface area contributed by atoms with Crippen molar-refractivity contribution in [1.29, 1.82) is 0 Å². The van der Waals surface area contributed by atoms with Crippen LogP contribution in [-0.2, 0) is 0 Å². The predicted molar refractivity (Wildman–Crippen MR) is 72.1 cm³/mol. The number of hydrogen-bond acceptors (Lipinski definition) is 3. The molecule has 0 bridgehead atoms. The Hall–Kier alpha value is -0.870. The van der Waals surface area contributed by atoms with Gasteiger partial charge in [-0.3, -0.25) is 5.10 Å². The quantitative estimate of drug-likeness (QED) is 0.625. The summed E-state index contributed by atoms with van der Waals surface area (Å²) in [5, 5.41) is 8.39. The predicted octanol–water partition coefficient (Wildman–Crippen LogP) is 4.08. The normalized spacial score (nSPS) is 10.9. The molecule has 3 nitrogen and oxygen atoms in total. The summed E-state index contributed by atoms with van der Waals surface area (Å²) in [7, 11) is 0. The second-order valence-electron chi connectivity index (χ2n) is 3.57. The molecule has 0 atom stereocenters. The van der Waals surface area contributed by atoms with E-state index in [-0.39, 0.29) is 0 Å². The highest BCUT2D eigenvalue weighted by Gasteiger charge is 2.03. The van der Waals surface area contributed by atoms with Gasteiger partial charge in [0.2, 0.25) is 0 Å². The maximum atomic E-state index is 5.98. The van der Waals surface area contributed by atoms with Crippen LogP contribution < -0.4 is 4.72 Å². The van der Waals surface area contributed by atoms with Crippen LogP contribution in [0.4, 0.5) is 5.69 Å². The Morgan fingerprint density at radius 1 is 1.50 bits per heavy atom. The molecule has 86 valence electrons. The molecule has 1 aromatic carbocycles. The summed E-state index contributed by atoms with van der Waals surface area (Å²) in [4.78, 5) is 0. The molecule has 0 amide bonds. The van der Waals surface area contributed by atoms with E-state index in [2.05, 4.69) is 21.8 Å². The molecule has 5 heteroatoms. The van der Waals surface area contributed by atoms with E-state index in [1.54, 1.807) is 11.9 Å². The second-order valence-corrected chi connectivity index (χ2v) is 4.85. The highest BCUT2D eigenvalue weighted by atomic mass is 35.5. The van der Waals surface area contributed by atoms with Crippen molar-refractivity contribution in [1.82, 2.24) is 10.2 Å². The van der Waals surface area contributed by atoms with E-state index in [0.29, 0.717) is 5.15 Å². The number of aromatic amines is 1. The van der Waals surface area contributed by atoms with E-state index in [1.165, 1.54) is 12.8 Å². The van der Waals surface area contributed by atoms with Gasteiger partial charge in [-0.25, -0.2) is 0 Å². The van der Waals surface area contributed by atoms with Gasteiger partial charge in [-0.1, -0.05) is 36.9 Å². The number of rotatable bonds is 5. The summed E-state index contributed by atoms with van der Waals surface area (Å²) in [5.41, 5.74) is 1.96. The number of anilines is 1. The van der Waals surface area contributed by atoms with Crippen molar-refractivity contribution in [3.05, 3.63) is 23.4 Å². The van der Waals surface area contributed by atoms with Crippen LogP contribution in [0, 0.1) is 0 Å². The molecule has 0 fully saturated rings. The van der Waals surface area contributed by atoms with E-state index in [1.807, 2.05) is 18.2 Å². The molecule has 0 aliphatic heterocycles. The number of fused-ring (bicyclic) bond motifs is 1. The Balaban J connectivity index is 2.04. The van der Waals surface area contributed by atoms with Crippen molar-refractivity contribution in [3.8, 4) is 0 Å². The molecule has 0 saturated carbocycles. The summed E-state index contributed by atoms with van der Waals surface area (Å²) >= 11 is 7.70. The van der Waals surface area contributed by atoms with Gasteiger partial charge in [0.05, 0.1) is 5.52 Å². The van der Waals surface area contributed by atoms with Crippen molar-refractivity contribution in [3.63, 3.8) is 0 Å². The van der Waals surface area contributed by atoms with E-state index >= 15 is 0 Å². The third-order valence-electron chi connectivity index (χ3n) is 2.30. The van der Waals surface area contributed by atoms with Gasteiger partial charge in [0.15, 0.2) is 0 Å². The molecule has 1 aromatic heterocycles. The number of nitrogens with zero attached hydrogens (tertiary/aromatic N) is 1. The first-order chi connectivity index (χ1) is 7.81. The zero-order valence-electron chi connectivity index (χ0n) is 9.09. The molecule has 0 spiro atoms. The van der Waals surface area contributed by atoms with E-state index in [4.69, 9.17) is 11.6 Å². The number of H-pyrrole nitrogens is 1. The molecule has 2 aromatic rings. The second kappa shape index (κ2) is 5.46. The van der Waals surface area contributed by atoms with Gasteiger partial charge in [0.1, 0.15) is 5.15 Å². The van der Waals surface area contributed by atoms with Crippen LogP contribution in [0.25, 0.3) is 10.9 Å². The number of benzene rings is 1. The molecule has 0 saturated heterocycles. The summed E-state index contributed by atoms with van der Waals surface area (Å²) in [6.45, 7) is 2.19. The Bertz CT molecular complexity index is 469. The van der Waals surface area contributed by atoms with Crippen LogP contribution in [0.2, 0.25) is 5.15 Å². The number of hydrogen-bond donors (Lipinski definition) is 2. The lowest BCUT2D eigenvalue weighted by Gasteiger charge is -2.04. The topological polar surface area (TPSA) is 40.7 Å². The van der Waals surface area contributed by atoms with E-state index in [0.717, 1.165) is 22.3 Å². The first-order valence-corrected chi connectivity index (χ1v) is 6.69. The van der Waals surface area contributed by atoms with Crippen LogP contribution in [0.3, 0.4) is 0 Å². The summed E-state index contributed by atoms with van der Waals surface area (Å²) in [6.07, 6.45) is 2.45. The molecule has 0 unspecified atom stereocenters. The summed E-state index contributed by atoms with van der Waals surface area (Å²) in [5.74, 6) is 1.12.